The van der Waals surface area contributed by atoms with Crippen molar-refractivity contribution in [1.82, 2.24) is 10.2 Å². The van der Waals surface area contributed by atoms with E-state index in [0.29, 0.717) is 12.5 Å². The standard InChI is InChI=1S/C27H30F3N3O7/c1-33(2)20-14-6-11-5-13-17(15(34)7-12(19(13)27(28,29)30)9-32-8-10-3-4-10)21(35)16(11)23(37)26(14,40)24(38)18(22(20)36)25(31)39/h7,10-11,14,16,18,20,32,34,40H,3-6,8-9H2,1-2H3,(H2,31,39)/t11-,14-,16?,18?,20-,26-/m0/s1. The maximum atomic E-state index is 14.4. The molecule has 0 heterocycles. The Labute approximate surface area is 227 Å². The first-order valence-corrected chi connectivity index (χ1v) is 13.1. The molecule has 0 radical (unpaired) electrons. The van der Waals surface area contributed by atoms with Gasteiger partial charge in [-0.25, -0.2) is 0 Å². The van der Waals surface area contributed by atoms with E-state index in [0.717, 1.165) is 18.9 Å². The fourth-order valence-corrected chi connectivity index (χ4v) is 6.97. The van der Waals surface area contributed by atoms with Gasteiger partial charge in [0.05, 0.1) is 23.1 Å². The number of alkyl halides is 3. The van der Waals surface area contributed by atoms with Crippen LogP contribution in [0.3, 0.4) is 0 Å². The van der Waals surface area contributed by atoms with Gasteiger partial charge in [0.15, 0.2) is 34.7 Å². The molecule has 13 heteroatoms. The van der Waals surface area contributed by atoms with Gasteiger partial charge in [-0.05, 0) is 75.4 Å². The van der Waals surface area contributed by atoms with Crippen LogP contribution in [-0.2, 0) is 38.3 Å². The lowest BCUT2D eigenvalue weighted by molar-refractivity contribution is -0.181. The Hall–Kier alpha value is -3.16. The van der Waals surface area contributed by atoms with Crippen LogP contribution in [0.15, 0.2) is 6.07 Å². The van der Waals surface area contributed by atoms with Crippen LogP contribution in [0.5, 0.6) is 5.75 Å². The number of fused-ring (bicyclic) bond motifs is 3. The summed E-state index contributed by atoms with van der Waals surface area (Å²) in [5.74, 6) is -12.9. The molecule has 4 aliphatic rings. The van der Waals surface area contributed by atoms with E-state index in [2.05, 4.69) is 5.32 Å². The molecule has 0 spiro atoms. The third-order valence-electron chi connectivity index (χ3n) is 8.87. The maximum absolute atomic E-state index is 14.4. The number of Topliss-reactive ketones (excluding diaryl/α,β-unsaturated/α-hetero) is 4. The van der Waals surface area contributed by atoms with Gasteiger partial charge in [0.2, 0.25) is 5.91 Å². The number of rotatable bonds is 6. The fraction of sp³-hybridized carbons (Fsp3) is 0.593. The maximum Gasteiger partial charge on any atom is 0.417 e. The molecular weight excluding hydrogens is 535 g/mol. The highest BCUT2D eigenvalue weighted by molar-refractivity contribution is 6.32. The summed E-state index contributed by atoms with van der Waals surface area (Å²) in [7, 11) is 2.85. The number of primary amides is 1. The minimum atomic E-state index is -4.89. The molecule has 0 saturated heterocycles. The number of benzene rings is 1. The van der Waals surface area contributed by atoms with E-state index in [1.165, 1.54) is 19.0 Å². The first-order chi connectivity index (χ1) is 18.6. The van der Waals surface area contributed by atoms with Gasteiger partial charge < -0.3 is 21.3 Å². The van der Waals surface area contributed by atoms with Crippen molar-refractivity contribution < 1.29 is 47.4 Å². The number of aliphatic hydroxyl groups is 1. The number of hydrogen-bond acceptors (Lipinski definition) is 9. The zero-order chi connectivity index (χ0) is 29.5. The Balaban J connectivity index is 1.61. The van der Waals surface area contributed by atoms with Crippen molar-refractivity contribution in [2.24, 2.45) is 35.3 Å². The molecule has 10 nitrogen and oxygen atoms in total. The summed E-state index contributed by atoms with van der Waals surface area (Å²) in [6.45, 7) is 0.309. The zero-order valence-electron chi connectivity index (χ0n) is 21.9. The second-order valence-electron chi connectivity index (χ2n) is 11.6. The third-order valence-corrected chi connectivity index (χ3v) is 8.87. The van der Waals surface area contributed by atoms with E-state index in [-0.39, 0.29) is 18.5 Å². The van der Waals surface area contributed by atoms with Gasteiger partial charge in [-0.3, -0.25) is 28.9 Å². The second-order valence-corrected chi connectivity index (χ2v) is 11.6. The monoisotopic (exact) mass is 565 g/mol. The van der Waals surface area contributed by atoms with E-state index < -0.39 is 99.4 Å². The van der Waals surface area contributed by atoms with Crippen molar-refractivity contribution in [3.8, 4) is 5.75 Å². The molecule has 3 fully saturated rings. The molecular formula is C27H30F3N3O7. The number of carbonyl (C=O) groups is 5. The average Bonchev–Trinajstić information content (AvgIpc) is 3.64. The molecule has 0 aliphatic heterocycles. The number of amides is 1. The predicted molar refractivity (Wildman–Crippen MR) is 131 cm³/mol. The van der Waals surface area contributed by atoms with Gasteiger partial charge in [0, 0.05) is 12.5 Å². The van der Waals surface area contributed by atoms with E-state index in [9.17, 15) is 47.4 Å². The van der Waals surface area contributed by atoms with Gasteiger partial charge in [-0.2, -0.15) is 13.2 Å². The van der Waals surface area contributed by atoms with Crippen molar-refractivity contribution in [3.05, 3.63) is 28.3 Å². The lowest BCUT2D eigenvalue weighted by Gasteiger charge is -2.52. The highest BCUT2D eigenvalue weighted by Crippen LogP contribution is 2.52. The smallest absolute Gasteiger partial charge is 0.417 e. The van der Waals surface area contributed by atoms with Crippen LogP contribution in [0.1, 0.15) is 46.3 Å². The van der Waals surface area contributed by atoms with Crippen LogP contribution in [0, 0.1) is 29.6 Å². The first kappa shape index (κ1) is 28.4. The zero-order valence-corrected chi connectivity index (χ0v) is 21.9. The number of ketones is 4. The molecule has 6 atom stereocenters. The summed E-state index contributed by atoms with van der Waals surface area (Å²) in [4.78, 5) is 67.2. The topological polar surface area (TPSA) is 167 Å². The lowest BCUT2D eigenvalue weighted by atomic mass is 9.52. The molecule has 0 bridgehead atoms. The Bertz CT molecular complexity index is 1340. The van der Waals surface area contributed by atoms with Crippen molar-refractivity contribution in [3.63, 3.8) is 0 Å². The molecule has 5 rings (SSSR count). The number of hydrogen-bond donors (Lipinski definition) is 4. The molecule has 2 unspecified atom stereocenters. The molecule has 1 aromatic rings. The van der Waals surface area contributed by atoms with Crippen LogP contribution in [0.4, 0.5) is 13.2 Å². The van der Waals surface area contributed by atoms with E-state index in [1.54, 1.807) is 0 Å². The summed E-state index contributed by atoms with van der Waals surface area (Å²) in [5, 5.41) is 25.3. The van der Waals surface area contributed by atoms with Gasteiger partial charge in [-0.1, -0.05) is 0 Å². The number of halogens is 3. The molecule has 3 saturated carbocycles. The van der Waals surface area contributed by atoms with Crippen LogP contribution >= 0.6 is 0 Å². The molecule has 40 heavy (non-hydrogen) atoms. The first-order valence-electron chi connectivity index (χ1n) is 13.1. The molecule has 216 valence electrons. The summed E-state index contributed by atoms with van der Waals surface area (Å²) in [6.07, 6.45) is -3.71. The van der Waals surface area contributed by atoms with Crippen molar-refractivity contribution >= 4 is 29.0 Å². The number of aromatic hydroxyl groups is 1. The van der Waals surface area contributed by atoms with Crippen molar-refractivity contribution in [1.29, 1.82) is 0 Å². The Morgan fingerprint density at radius 3 is 2.38 bits per heavy atom. The van der Waals surface area contributed by atoms with Gasteiger partial charge in [0.1, 0.15) is 5.75 Å². The number of nitrogens with two attached hydrogens (primary N) is 1. The van der Waals surface area contributed by atoms with Crippen LogP contribution in [0.25, 0.3) is 0 Å². The van der Waals surface area contributed by atoms with Crippen LogP contribution in [0.2, 0.25) is 0 Å². The van der Waals surface area contributed by atoms with Gasteiger partial charge in [-0.15, -0.1) is 0 Å². The Morgan fingerprint density at radius 1 is 1.18 bits per heavy atom. The number of carbonyl (C=O) groups excluding carboxylic acids is 5. The highest BCUT2D eigenvalue weighted by Gasteiger charge is 2.69. The van der Waals surface area contributed by atoms with Crippen LogP contribution < -0.4 is 11.1 Å². The minimum absolute atomic E-state index is 0.198. The summed E-state index contributed by atoms with van der Waals surface area (Å²) in [6, 6.07) is -0.477. The molecule has 1 amide bonds. The number of nitrogens with one attached hydrogen (secondary N) is 1. The summed E-state index contributed by atoms with van der Waals surface area (Å²) in [5.41, 5.74) is -0.111. The Morgan fingerprint density at radius 2 is 1.82 bits per heavy atom. The average molecular weight is 566 g/mol. The molecule has 0 aromatic heterocycles. The van der Waals surface area contributed by atoms with E-state index in [1.807, 2.05) is 0 Å². The van der Waals surface area contributed by atoms with E-state index in [4.69, 9.17) is 5.73 Å². The lowest BCUT2D eigenvalue weighted by Crippen LogP contribution is -2.74. The Kier molecular flexibility index (Phi) is 6.70. The normalized spacial score (nSPS) is 32.1. The summed E-state index contributed by atoms with van der Waals surface area (Å²) >= 11 is 0. The molecule has 5 N–H and O–H groups in total. The van der Waals surface area contributed by atoms with Crippen LogP contribution in [-0.4, -0.2) is 76.4 Å². The highest BCUT2D eigenvalue weighted by atomic mass is 19.4. The van der Waals surface area contributed by atoms with E-state index >= 15 is 0 Å². The number of likely N-dealkylation sites (N-methyl/N-ethyl adjacent to an activating group) is 1. The molecule has 4 aliphatic carbocycles. The number of nitrogens with zero attached hydrogens (tertiary/aromatic N) is 1. The largest absolute Gasteiger partial charge is 0.507 e. The summed E-state index contributed by atoms with van der Waals surface area (Å²) < 4.78 is 43.3. The predicted octanol–water partition coefficient (Wildman–Crippen LogP) is 0.385. The fourth-order valence-electron chi connectivity index (χ4n) is 6.97. The van der Waals surface area contributed by atoms with Gasteiger partial charge >= 0.3 is 6.18 Å². The number of phenols is 1. The molecule has 1 aromatic carbocycles. The van der Waals surface area contributed by atoms with Crippen molar-refractivity contribution in [2.75, 3.05) is 20.6 Å². The quantitative estimate of drug-likeness (QED) is 0.357. The van der Waals surface area contributed by atoms with Crippen molar-refractivity contribution in [2.45, 2.75) is 50.0 Å². The SMILES string of the molecule is CN(C)[C@@H]1C(=O)C(C(N)=O)C(=O)[C@@]2(O)C(=O)C3C(=O)c4c(O)cc(CNCC5CC5)c(C(F)(F)F)c4C[C@H]3C[C@@H]12. The number of phenolic OH excluding ortho intramolecular Hbond substituents is 1. The second kappa shape index (κ2) is 9.45. The third kappa shape index (κ3) is 4.17. The van der Waals surface area contributed by atoms with Gasteiger partial charge in [0.25, 0.3) is 0 Å². The minimum Gasteiger partial charge on any atom is -0.507 e.